The monoisotopic (exact) mass is 490 g/mol. The highest BCUT2D eigenvalue weighted by molar-refractivity contribution is 8.93. The average Bonchev–Trinajstić information content (AvgIpc) is 3.05. The molecule has 0 unspecified atom stereocenters. The van der Waals surface area contributed by atoms with Gasteiger partial charge in [0.2, 0.25) is 0 Å². The maximum atomic E-state index is 14.5. The van der Waals surface area contributed by atoms with E-state index in [2.05, 4.69) is 9.73 Å². The van der Waals surface area contributed by atoms with Crippen LogP contribution < -0.4 is 14.3 Å². The lowest BCUT2D eigenvalue weighted by Crippen LogP contribution is -2.18. The Bertz CT molecular complexity index is 1010. The zero-order chi connectivity index (χ0) is 20.1. The van der Waals surface area contributed by atoms with Crippen LogP contribution in [0, 0.1) is 5.82 Å². The first-order valence-electron chi connectivity index (χ1n) is 8.24. The van der Waals surface area contributed by atoms with E-state index in [9.17, 15) is 18.3 Å². The summed E-state index contributed by atoms with van der Waals surface area (Å²) < 4.78 is 50.0. The molecular weight excluding hydrogens is 473 g/mol. The number of hydrogen-bond acceptors (Lipinski definition) is 5. The molecule has 0 atom stereocenters. The third-order valence-electron chi connectivity index (χ3n) is 3.86. The molecule has 0 fully saturated rings. The van der Waals surface area contributed by atoms with Crippen molar-refractivity contribution in [2.45, 2.75) is 13.2 Å². The Labute approximate surface area is 179 Å². The molecule has 0 bridgehead atoms. The summed E-state index contributed by atoms with van der Waals surface area (Å²) in [5.41, 5.74) is 1.43. The van der Waals surface area contributed by atoms with Crippen molar-refractivity contribution < 1.29 is 27.8 Å². The Morgan fingerprint density at radius 1 is 1.14 bits per heavy atom. The van der Waals surface area contributed by atoms with Gasteiger partial charge in [0.15, 0.2) is 4.80 Å². The van der Waals surface area contributed by atoms with Gasteiger partial charge in [-0.05, 0) is 36.4 Å². The number of aliphatic hydroxyl groups is 1. The number of thiazole rings is 1. The van der Waals surface area contributed by atoms with Gasteiger partial charge in [0.1, 0.15) is 17.3 Å². The van der Waals surface area contributed by atoms with Crippen LogP contribution >= 0.6 is 28.3 Å². The molecule has 3 rings (SSSR count). The fraction of sp³-hybridized carbons (Fsp3) is 0.211. The second-order valence-electron chi connectivity index (χ2n) is 5.61. The minimum atomic E-state index is -2.89. The fourth-order valence-corrected chi connectivity index (χ4v) is 3.54. The summed E-state index contributed by atoms with van der Waals surface area (Å²) in [7, 11) is 1.46. The van der Waals surface area contributed by atoms with Crippen LogP contribution in [-0.2, 0) is 6.54 Å². The Balaban J connectivity index is 0.00000300. The smallest absolute Gasteiger partial charge is 0.387 e. The maximum absolute atomic E-state index is 14.5. The Morgan fingerprint density at radius 2 is 1.83 bits per heavy atom. The summed E-state index contributed by atoms with van der Waals surface area (Å²) in [6.45, 7) is -2.83. The second-order valence-corrected chi connectivity index (χ2v) is 6.45. The molecule has 0 spiro atoms. The molecular formula is C19H18BrF3N2O3S. The molecule has 156 valence electrons. The van der Waals surface area contributed by atoms with Gasteiger partial charge in [-0.1, -0.05) is 0 Å². The lowest BCUT2D eigenvalue weighted by Gasteiger charge is -2.09. The Kier molecular flexibility index (Phi) is 8.30. The van der Waals surface area contributed by atoms with E-state index in [1.54, 1.807) is 22.1 Å². The number of benzene rings is 2. The largest absolute Gasteiger partial charge is 0.497 e. The zero-order valence-electron chi connectivity index (χ0n) is 15.2. The summed E-state index contributed by atoms with van der Waals surface area (Å²) in [5.74, 6) is -0.0190. The van der Waals surface area contributed by atoms with E-state index in [1.807, 2.05) is 0 Å². The number of ether oxygens (including phenoxy) is 2. The maximum Gasteiger partial charge on any atom is 0.387 e. The van der Waals surface area contributed by atoms with E-state index < -0.39 is 12.4 Å². The Hall–Kier alpha value is -2.30. The van der Waals surface area contributed by atoms with E-state index in [1.165, 1.54) is 48.8 Å². The van der Waals surface area contributed by atoms with Crippen molar-refractivity contribution in [3.05, 3.63) is 58.5 Å². The minimum Gasteiger partial charge on any atom is -0.497 e. The highest BCUT2D eigenvalue weighted by Crippen LogP contribution is 2.27. The van der Waals surface area contributed by atoms with Gasteiger partial charge in [-0.15, -0.1) is 28.3 Å². The quantitative estimate of drug-likeness (QED) is 0.518. The molecule has 29 heavy (non-hydrogen) atoms. The number of aliphatic hydroxyl groups excluding tert-OH is 1. The second kappa shape index (κ2) is 10.5. The van der Waals surface area contributed by atoms with Crippen molar-refractivity contribution >= 4 is 34.0 Å². The van der Waals surface area contributed by atoms with Crippen molar-refractivity contribution in [2.24, 2.45) is 4.99 Å². The van der Waals surface area contributed by atoms with Gasteiger partial charge in [0.25, 0.3) is 0 Å². The Morgan fingerprint density at radius 3 is 2.41 bits per heavy atom. The van der Waals surface area contributed by atoms with Gasteiger partial charge in [-0.3, -0.25) is 0 Å². The first-order valence-corrected chi connectivity index (χ1v) is 9.12. The van der Waals surface area contributed by atoms with E-state index in [0.717, 1.165) is 0 Å². The molecule has 10 heteroatoms. The first-order chi connectivity index (χ1) is 13.5. The summed E-state index contributed by atoms with van der Waals surface area (Å²) in [5, 5.41) is 11.2. The summed E-state index contributed by atoms with van der Waals surface area (Å²) in [6, 6.07) is 10.4. The van der Waals surface area contributed by atoms with E-state index >= 15 is 0 Å². The molecule has 1 aromatic heterocycles. The van der Waals surface area contributed by atoms with Crippen molar-refractivity contribution in [3.8, 4) is 22.8 Å². The highest BCUT2D eigenvalue weighted by atomic mass is 79.9. The van der Waals surface area contributed by atoms with Crippen molar-refractivity contribution in [1.29, 1.82) is 0 Å². The number of nitrogens with zero attached hydrogens (tertiary/aromatic N) is 2. The predicted molar refractivity (Wildman–Crippen MR) is 110 cm³/mol. The third-order valence-corrected chi connectivity index (χ3v) is 4.72. The average molecular weight is 491 g/mol. The molecule has 5 nitrogen and oxygen atoms in total. The number of halogens is 4. The normalized spacial score (nSPS) is 11.4. The number of rotatable bonds is 7. The summed E-state index contributed by atoms with van der Waals surface area (Å²) >= 11 is 1.28. The molecule has 2 aromatic carbocycles. The molecule has 0 aliphatic heterocycles. The lowest BCUT2D eigenvalue weighted by atomic mass is 10.1. The van der Waals surface area contributed by atoms with Gasteiger partial charge < -0.3 is 19.1 Å². The first kappa shape index (κ1) is 23.0. The number of aromatic nitrogens is 1. The predicted octanol–water partition coefficient (Wildman–Crippen LogP) is 4.77. The molecule has 0 radical (unpaired) electrons. The van der Waals surface area contributed by atoms with Crippen LogP contribution in [0.4, 0.5) is 18.9 Å². The third kappa shape index (κ3) is 5.62. The molecule has 0 amide bonds. The molecule has 0 aliphatic rings. The molecule has 0 aliphatic carbocycles. The standard InChI is InChI=1S/C19H17F3N2O3S.BrH/c1-26-14-6-7-15(16(20)10-14)17-11-28-19(24(17)8-9-25)23-12-2-4-13(5-3-12)27-18(21)22;/h2-7,10-11,18,25H,8-9H2,1H3;1H. The van der Waals surface area contributed by atoms with Crippen LogP contribution in [0.1, 0.15) is 0 Å². The molecule has 0 saturated heterocycles. The SMILES string of the molecule is Br.COc1ccc(-c2csc(=Nc3ccc(OC(F)F)cc3)n2CCO)c(F)c1. The lowest BCUT2D eigenvalue weighted by molar-refractivity contribution is -0.0498. The molecule has 3 aromatic rings. The van der Waals surface area contributed by atoms with Gasteiger partial charge >= 0.3 is 6.61 Å². The van der Waals surface area contributed by atoms with Crippen LogP contribution in [0.25, 0.3) is 11.3 Å². The summed E-state index contributed by atoms with van der Waals surface area (Å²) in [4.78, 5) is 5.00. The van der Waals surface area contributed by atoms with Gasteiger partial charge in [-0.2, -0.15) is 8.78 Å². The molecule has 1 heterocycles. The highest BCUT2D eigenvalue weighted by Gasteiger charge is 2.13. The van der Waals surface area contributed by atoms with Gasteiger partial charge in [-0.25, -0.2) is 9.38 Å². The van der Waals surface area contributed by atoms with Crippen molar-refractivity contribution in [3.63, 3.8) is 0 Å². The van der Waals surface area contributed by atoms with Crippen LogP contribution in [0.3, 0.4) is 0 Å². The topological polar surface area (TPSA) is 56.0 Å². The zero-order valence-corrected chi connectivity index (χ0v) is 17.7. The number of hydrogen-bond donors (Lipinski definition) is 1. The van der Waals surface area contributed by atoms with Crippen LogP contribution in [-0.4, -0.2) is 30.0 Å². The van der Waals surface area contributed by atoms with E-state index in [4.69, 9.17) is 4.74 Å². The summed E-state index contributed by atoms with van der Waals surface area (Å²) in [6.07, 6.45) is 0. The van der Waals surface area contributed by atoms with E-state index in [0.29, 0.717) is 27.5 Å². The van der Waals surface area contributed by atoms with Crippen LogP contribution in [0.5, 0.6) is 11.5 Å². The van der Waals surface area contributed by atoms with Crippen molar-refractivity contribution in [1.82, 2.24) is 4.57 Å². The van der Waals surface area contributed by atoms with Crippen molar-refractivity contribution in [2.75, 3.05) is 13.7 Å². The van der Waals surface area contributed by atoms with Crippen LogP contribution in [0.15, 0.2) is 52.8 Å². The fourth-order valence-electron chi connectivity index (χ4n) is 2.59. The number of methoxy groups -OCH3 is 1. The molecule has 1 N–H and O–H groups in total. The number of alkyl halides is 2. The van der Waals surface area contributed by atoms with E-state index in [-0.39, 0.29) is 35.9 Å². The molecule has 0 saturated carbocycles. The minimum absolute atomic E-state index is 0. The van der Waals surface area contributed by atoms with Gasteiger partial charge in [0.05, 0.1) is 25.1 Å². The van der Waals surface area contributed by atoms with Crippen LogP contribution in [0.2, 0.25) is 0 Å². The van der Waals surface area contributed by atoms with Gasteiger partial charge in [0, 0.05) is 23.6 Å².